The third-order valence-corrected chi connectivity index (χ3v) is 2.88. The molecule has 0 saturated heterocycles. The Hall–Kier alpha value is -2.25. The van der Waals surface area contributed by atoms with Gasteiger partial charge in [-0.25, -0.2) is 4.98 Å². The Labute approximate surface area is 120 Å². The van der Waals surface area contributed by atoms with Crippen LogP contribution >= 0.6 is 0 Å². The average Bonchev–Trinajstić information content (AvgIpc) is 2.81. The van der Waals surface area contributed by atoms with E-state index in [2.05, 4.69) is 20.7 Å². The predicted molar refractivity (Wildman–Crippen MR) is 73.9 cm³/mol. The van der Waals surface area contributed by atoms with Gasteiger partial charge in [0.1, 0.15) is 11.6 Å². The molecule has 0 aliphatic carbocycles. The number of nitrogens with one attached hydrogen (secondary N) is 2. The zero-order valence-corrected chi connectivity index (χ0v) is 11.7. The molecule has 0 aliphatic rings. The van der Waals surface area contributed by atoms with E-state index >= 15 is 0 Å². The van der Waals surface area contributed by atoms with Crippen LogP contribution in [0.2, 0.25) is 0 Å². The smallest absolute Gasteiger partial charge is 0.370 e. The Morgan fingerprint density at radius 2 is 1.86 bits per heavy atom. The van der Waals surface area contributed by atoms with Gasteiger partial charge in [-0.3, -0.25) is 4.68 Å². The van der Waals surface area contributed by atoms with Crippen molar-refractivity contribution in [1.29, 1.82) is 0 Å². The molecule has 0 saturated carbocycles. The highest BCUT2D eigenvalue weighted by atomic mass is 19.4. The largest absolute Gasteiger partial charge is 0.416 e. The lowest BCUT2D eigenvalue weighted by Gasteiger charge is -2.13. The van der Waals surface area contributed by atoms with Gasteiger partial charge in [-0.2, -0.15) is 18.3 Å². The van der Waals surface area contributed by atoms with Crippen molar-refractivity contribution in [3.8, 4) is 0 Å². The Morgan fingerprint density at radius 3 is 2.38 bits per heavy atom. The minimum absolute atomic E-state index is 0.168. The lowest BCUT2D eigenvalue weighted by molar-refractivity contribution is -0.137. The van der Waals surface area contributed by atoms with Gasteiger partial charge < -0.3 is 10.6 Å². The Balaban J connectivity index is 2.21. The maximum absolute atomic E-state index is 12.9. The summed E-state index contributed by atoms with van der Waals surface area (Å²) in [6.07, 6.45) is -2.78. The summed E-state index contributed by atoms with van der Waals surface area (Å²) in [4.78, 5) is 4.11. The molecule has 2 rings (SSSR count). The molecule has 0 spiro atoms. The molecule has 0 unspecified atom stereocenters. The molecule has 2 aromatic heterocycles. The number of halogens is 3. The van der Waals surface area contributed by atoms with Gasteiger partial charge in [-0.15, -0.1) is 0 Å². The summed E-state index contributed by atoms with van der Waals surface area (Å²) in [5.74, 6) is 0.363. The Kier molecular flexibility index (Phi) is 4.35. The third kappa shape index (κ3) is 3.87. The third-order valence-electron chi connectivity index (χ3n) is 2.88. The average molecular weight is 299 g/mol. The molecule has 0 radical (unpaired) electrons. The minimum Gasteiger partial charge on any atom is -0.370 e. The molecule has 2 N–H and O–H groups in total. The minimum atomic E-state index is -4.41. The summed E-state index contributed by atoms with van der Waals surface area (Å²) in [7, 11) is 1.76. The summed E-state index contributed by atoms with van der Waals surface area (Å²) in [5.41, 5.74) is 0.111. The van der Waals surface area contributed by atoms with Crippen LogP contribution in [0.5, 0.6) is 0 Å². The monoisotopic (exact) mass is 299 g/mol. The van der Waals surface area contributed by atoms with Crippen LogP contribution in [0.25, 0.3) is 0 Å². The number of aromatic nitrogens is 3. The van der Waals surface area contributed by atoms with Crippen LogP contribution in [0, 0.1) is 0 Å². The zero-order chi connectivity index (χ0) is 15.5. The summed E-state index contributed by atoms with van der Waals surface area (Å²) >= 11 is 0. The highest BCUT2D eigenvalue weighted by molar-refractivity contribution is 5.49. The van der Waals surface area contributed by atoms with E-state index in [4.69, 9.17) is 0 Å². The normalized spacial score (nSPS) is 11.5. The van der Waals surface area contributed by atoms with Crippen molar-refractivity contribution in [3.05, 3.63) is 35.7 Å². The van der Waals surface area contributed by atoms with Gasteiger partial charge in [0.25, 0.3) is 0 Å². The number of nitrogens with zero attached hydrogens (tertiary/aromatic N) is 3. The molecular weight excluding hydrogens is 283 g/mol. The summed E-state index contributed by atoms with van der Waals surface area (Å²) in [5, 5.41) is 9.68. The van der Waals surface area contributed by atoms with Crippen molar-refractivity contribution in [2.75, 3.05) is 17.2 Å². The second kappa shape index (κ2) is 6.02. The number of alkyl halides is 3. The molecule has 2 aromatic rings. The number of hydrogen-bond donors (Lipinski definition) is 2. The van der Waals surface area contributed by atoms with E-state index in [-0.39, 0.29) is 11.6 Å². The standard InChI is InChI=1S/C13H16F3N5/c1-3-17-11-6-9(13(14,15)16)7-12(20-11)18-8-10-4-5-19-21(10)2/h4-7H,3,8H2,1-2H3,(H2,17,18,20). The first-order valence-corrected chi connectivity index (χ1v) is 6.44. The van der Waals surface area contributed by atoms with E-state index in [9.17, 15) is 13.2 Å². The van der Waals surface area contributed by atoms with Gasteiger partial charge in [-0.05, 0) is 25.1 Å². The highest BCUT2D eigenvalue weighted by Crippen LogP contribution is 2.32. The number of rotatable bonds is 5. The molecule has 0 aliphatic heterocycles. The Morgan fingerprint density at radius 1 is 1.19 bits per heavy atom. The second-order valence-electron chi connectivity index (χ2n) is 4.45. The fourth-order valence-electron chi connectivity index (χ4n) is 1.81. The molecule has 114 valence electrons. The van der Waals surface area contributed by atoms with Crippen LogP contribution < -0.4 is 10.6 Å². The van der Waals surface area contributed by atoms with Crippen LogP contribution in [-0.4, -0.2) is 21.3 Å². The molecule has 0 atom stereocenters. The second-order valence-corrected chi connectivity index (χ2v) is 4.45. The number of aryl methyl sites for hydroxylation is 1. The van der Waals surface area contributed by atoms with E-state index in [1.807, 2.05) is 0 Å². The van der Waals surface area contributed by atoms with E-state index in [0.717, 1.165) is 17.8 Å². The van der Waals surface area contributed by atoms with Gasteiger partial charge in [-0.1, -0.05) is 0 Å². The molecule has 0 aromatic carbocycles. The first-order chi connectivity index (χ1) is 9.90. The molecule has 0 bridgehead atoms. The summed E-state index contributed by atoms with van der Waals surface area (Å²) in [6.45, 7) is 2.64. The SMILES string of the molecule is CCNc1cc(C(F)(F)F)cc(NCc2ccnn2C)n1. The van der Waals surface area contributed by atoms with Gasteiger partial charge in [0.05, 0.1) is 17.8 Å². The van der Waals surface area contributed by atoms with Gasteiger partial charge in [0, 0.05) is 19.8 Å². The lowest BCUT2D eigenvalue weighted by Crippen LogP contribution is -2.12. The Bertz CT molecular complexity index is 606. The molecule has 0 amide bonds. The van der Waals surface area contributed by atoms with Gasteiger partial charge in [0.2, 0.25) is 0 Å². The van der Waals surface area contributed by atoms with E-state index in [1.165, 1.54) is 0 Å². The van der Waals surface area contributed by atoms with Crippen molar-refractivity contribution in [2.24, 2.45) is 7.05 Å². The fourth-order valence-corrected chi connectivity index (χ4v) is 1.81. The van der Waals surface area contributed by atoms with Crippen LogP contribution in [0.15, 0.2) is 24.4 Å². The van der Waals surface area contributed by atoms with Crippen LogP contribution in [0.4, 0.5) is 24.8 Å². The van der Waals surface area contributed by atoms with E-state index in [1.54, 1.807) is 30.9 Å². The van der Waals surface area contributed by atoms with Crippen molar-refractivity contribution >= 4 is 11.6 Å². The number of hydrogen-bond acceptors (Lipinski definition) is 4. The van der Waals surface area contributed by atoms with Crippen LogP contribution in [-0.2, 0) is 19.8 Å². The highest BCUT2D eigenvalue weighted by Gasteiger charge is 2.31. The zero-order valence-electron chi connectivity index (χ0n) is 11.7. The molecular formula is C13H16F3N5. The predicted octanol–water partition coefficient (Wildman–Crippen LogP) is 2.88. The van der Waals surface area contributed by atoms with Crippen molar-refractivity contribution < 1.29 is 13.2 Å². The van der Waals surface area contributed by atoms with E-state index in [0.29, 0.717) is 13.1 Å². The topological polar surface area (TPSA) is 54.8 Å². The summed E-state index contributed by atoms with van der Waals surface area (Å²) < 4.78 is 40.3. The molecule has 0 fully saturated rings. The van der Waals surface area contributed by atoms with E-state index < -0.39 is 11.7 Å². The van der Waals surface area contributed by atoms with Crippen LogP contribution in [0.3, 0.4) is 0 Å². The molecule has 21 heavy (non-hydrogen) atoms. The fraction of sp³-hybridized carbons (Fsp3) is 0.385. The quantitative estimate of drug-likeness (QED) is 0.891. The summed E-state index contributed by atoms with van der Waals surface area (Å²) in [6, 6.07) is 3.78. The number of anilines is 2. The number of pyridine rings is 1. The van der Waals surface area contributed by atoms with Crippen molar-refractivity contribution in [3.63, 3.8) is 0 Å². The van der Waals surface area contributed by atoms with Gasteiger partial charge in [0.15, 0.2) is 0 Å². The maximum atomic E-state index is 12.9. The lowest BCUT2D eigenvalue weighted by atomic mass is 10.2. The molecule has 5 nitrogen and oxygen atoms in total. The van der Waals surface area contributed by atoms with Gasteiger partial charge >= 0.3 is 6.18 Å². The van der Waals surface area contributed by atoms with Crippen molar-refractivity contribution in [2.45, 2.75) is 19.6 Å². The molecule has 2 heterocycles. The van der Waals surface area contributed by atoms with Crippen LogP contribution in [0.1, 0.15) is 18.2 Å². The first-order valence-electron chi connectivity index (χ1n) is 6.44. The van der Waals surface area contributed by atoms with Crippen molar-refractivity contribution in [1.82, 2.24) is 14.8 Å². The first kappa shape index (κ1) is 15.1. The maximum Gasteiger partial charge on any atom is 0.416 e. The molecule has 8 heteroatoms.